The first-order valence-corrected chi connectivity index (χ1v) is 9.46. The standard InChI is InChI=1S/C18H21N3O3S/c1-4-5-6-17-13(3)12(2)16(11-19)18(21-17)20-14-7-9-15(10-8-14)25(22,23)24/h7-10H,4-6H2,1-3H3,(H,20,21)(H,22,23,24). The summed E-state index contributed by atoms with van der Waals surface area (Å²) >= 11 is 0. The van der Waals surface area contributed by atoms with Gasteiger partial charge < -0.3 is 5.32 Å². The van der Waals surface area contributed by atoms with E-state index >= 15 is 0 Å². The monoisotopic (exact) mass is 359 g/mol. The Hall–Kier alpha value is -2.43. The number of hydrogen-bond donors (Lipinski definition) is 2. The van der Waals surface area contributed by atoms with Crippen molar-refractivity contribution in [1.82, 2.24) is 4.98 Å². The number of aromatic nitrogens is 1. The number of nitrogens with one attached hydrogen (secondary N) is 1. The van der Waals surface area contributed by atoms with Crippen molar-refractivity contribution in [3.05, 3.63) is 46.6 Å². The van der Waals surface area contributed by atoms with Gasteiger partial charge in [-0.2, -0.15) is 13.7 Å². The van der Waals surface area contributed by atoms with Gasteiger partial charge in [0.1, 0.15) is 11.9 Å². The molecule has 0 unspecified atom stereocenters. The Morgan fingerprint density at radius 3 is 2.36 bits per heavy atom. The van der Waals surface area contributed by atoms with Crippen LogP contribution in [0.25, 0.3) is 0 Å². The fourth-order valence-corrected chi connectivity index (χ4v) is 3.00. The molecule has 0 aliphatic carbocycles. The predicted molar refractivity (Wildman–Crippen MR) is 96.6 cm³/mol. The second-order valence-electron chi connectivity index (χ2n) is 5.87. The molecule has 0 saturated carbocycles. The lowest BCUT2D eigenvalue weighted by Crippen LogP contribution is -2.06. The number of hydrogen-bond acceptors (Lipinski definition) is 5. The molecule has 0 aliphatic heterocycles. The van der Waals surface area contributed by atoms with Gasteiger partial charge in [-0.25, -0.2) is 4.98 Å². The number of aryl methyl sites for hydroxylation is 1. The number of nitrogens with zero attached hydrogens (tertiary/aromatic N) is 2. The smallest absolute Gasteiger partial charge is 0.294 e. The molecule has 1 aromatic heterocycles. The Labute approximate surface area is 148 Å². The highest BCUT2D eigenvalue weighted by Crippen LogP contribution is 2.26. The minimum atomic E-state index is -4.23. The molecular formula is C18H21N3O3S. The van der Waals surface area contributed by atoms with Crippen LogP contribution >= 0.6 is 0 Å². The summed E-state index contributed by atoms with van der Waals surface area (Å²) in [7, 11) is -4.23. The molecule has 6 nitrogen and oxygen atoms in total. The molecule has 0 saturated heterocycles. The van der Waals surface area contributed by atoms with E-state index in [2.05, 4.69) is 23.3 Å². The lowest BCUT2D eigenvalue weighted by molar-refractivity contribution is 0.483. The number of rotatable bonds is 6. The largest absolute Gasteiger partial charge is 0.339 e. The first-order valence-electron chi connectivity index (χ1n) is 8.02. The first-order chi connectivity index (χ1) is 11.8. The normalized spacial score (nSPS) is 11.2. The molecule has 7 heteroatoms. The summed E-state index contributed by atoms with van der Waals surface area (Å²) in [6.07, 6.45) is 2.91. The van der Waals surface area contributed by atoms with Crippen molar-refractivity contribution < 1.29 is 13.0 Å². The van der Waals surface area contributed by atoms with Crippen LogP contribution in [-0.4, -0.2) is 18.0 Å². The number of nitriles is 1. The molecule has 0 bridgehead atoms. The van der Waals surface area contributed by atoms with Gasteiger partial charge in [0.2, 0.25) is 0 Å². The Bertz CT molecular complexity index is 914. The van der Waals surface area contributed by atoms with Gasteiger partial charge in [-0.1, -0.05) is 13.3 Å². The van der Waals surface area contributed by atoms with Crippen LogP contribution in [0.3, 0.4) is 0 Å². The maximum Gasteiger partial charge on any atom is 0.294 e. The second-order valence-corrected chi connectivity index (χ2v) is 7.29. The molecule has 1 aromatic carbocycles. The van der Waals surface area contributed by atoms with E-state index in [1.54, 1.807) is 0 Å². The highest BCUT2D eigenvalue weighted by Gasteiger charge is 2.15. The molecule has 0 fully saturated rings. The summed E-state index contributed by atoms with van der Waals surface area (Å²) in [4.78, 5) is 4.42. The third-order valence-electron chi connectivity index (χ3n) is 4.15. The first kappa shape index (κ1) is 18.9. The van der Waals surface area contributed by atoms with Gasteiger partial charge in [-0.05, 0) is 62.1 Å². The Morgan fingerprint density at radius 1 is 1.20 bits per heavy atom. The maximum absolute atomic E-state index is 11.1. The van der Waals surface area contributed by atoms with Crippen LogP contribution in [-0.2, 0) is 16.5 Å². The van der Waals surface area contributed by atoms with E-state index in [4.69, 9.17) is 4.55 Å². The van der Waals surface area contributed by atoms with Gasteiger partial charge in [-0.15, -0.1) is 0 Å². The lowest BCUT2D eigenvalue weighted by atomic mass is 10.0. The maximum atomic E-state index is 11.1. The minimum Gasteiger partial charge on any atom is -0.339 e. The van der Waals surface area contributed by atoms with Crippen molar-refractivity contribution in [1.29, 1.82) is 5.26 Å². The number of unbranched alkanes of at least 4 members (excludes halogenated alkanes) is 1. The van der Waals surface area contributed by atoms with Gasteiger partial charge in [0.15, 0.2) is 0 Å². The van der Waals surface area contributed by atoms with Crippen LogP contribution in [0.4, 0.5) is 11.5 Å². The topological polar surface area (TPSA) is 103 Å². The van der Waals surface area contributed by atoms with Gasteiger partial charge >= 0.3 is 0 Å². The molecule has 2 aromatic rings. The summed E-state index contributed by atoms with van der Waals surface area (Å²) in [6.45, 7) is 5.98. The lowest BCUT2D eigenvalue weighted by Gasteiger charge is -2.15. The SMILES string of the molecule is CCCCc1nc(Nc2ccc(S(=O)(=O)O)cc2)c(C#N)c(C)c1C. The third kappa shape index (κ3) is 4.35. The molecule has 0 amide bonds. The summed E-state index contributed by atoms with van der Waals surface area (Å²) in [6, 6.07) is 7.81. The third-order valence-corrected chi connectivity index (χ3v) is 5.02. The molecule has 132 valence electrons. The van der Waals surface area contributed by atoms with Crippen LogP contribution in [0.1, 0.15) is 42.1 Å². The highest BCUT2D eigenvalue weighted by molar-refractivity contribution is 7.85. The van der Waals surface area contributed by atoms with Crippen LogP contribution in [0.5, 0.6) is 0 Å². The molecule has 0 aliphatic rings. The number of pyridine rings is 1. The average Bonchev–Trinajstić information content (AvgIpc) is 2.57. The highest BCUT2D eigenvalue weighted by atomic mass is 32.2. The fourth-order valence-electron chi connectivity index (χ4n) is 2.52. The zero-order valence-electron chi connectivity index (χ0n) is 14.5. The van der Waals surface area contributed by atoms with E-state index in [-0.39, 0.29) is 4.90 Å². The summed E-state index contributed by atoms with van der Waals surface area (Å²) in [5, 5.41) is 12.6. The summed E-state index contributed by atoms with van der Waals surface area (Å²) in [5.41, 5.74) is 3.92. The predicted octanol–water partition coefficient (Wildman–Crippen LogP) is 3.90. The van der Waals surface area contributed by atoms with Crippen molar-refractivity contribution in [2.75, 3.05) is 5.32 Å². The molecular weight excluding hydrogens is 338 g/mol. The minimum absolute atomic E-state index is 0.185. The van der Waals surface area contributed by atoms with E-state index in [0.717, 1.165) is 36.1 Å². The van der Waals surface area contributed by atoms with Gasteiger partial charge in [-0.3, -0.25) is 4.55 Å². The van der Waals surface area contributed by atoms with E-state index in [1.807, 2.05) is 13.8 Å². The zero-order chi connectivity index (χ0) is 18.6. The Morgan fingerprint density at radius 2 is 1.84 bits per heavy atom. The quantitative estimate of drug-likeness (QED) is 0.758. The number of anilines is 2. The molecule has 1 heterocycles. The fraction of sp³-hybridized carbons (Fsp3) is 0.333. The van der Waals surface area contributed by atoms with Crippen molar-refractivity contribution in [2.24, 2.45) is 0 Å². The van der Waals surface area contributed by atoms with Crippen molar-refractivity contribution in [3.8, 4) is 6.07 Å². The van der Waals surface area contributed by atoms with E-state index in [9.17, 15) is 13.7 Å². The van der Waals surface area contributed by atoms with Crippen molar-refractivity contribution in [3.63, 3.8) is 0 Å². The van der Waals surface area contributed by atoms with Crippen LogP contribution in [0, 0.1) is 25.2 Å². The second kappa shape index (κ2) is 7.64. The van der Waals surface area contributed by atoms with E-state index < -0.39 is 10.1 Å². The van der Waals surface area contributed by atoms with E-state index in [0.29, 0.717) is 17.1 Å². The van der Waals surface area contributed by atoms with Crippen LogP contribution in [0.2, 0.25) is 0 Å². The molecule has 0 atom stereocenters. The Kier molecular flexibility index (Phi) is 5.77. The zero-order valence-corrected chi connectivity index (χ0v) is 15.3. The van der Waals surface area contributed by atoms with E-state index in [1.165, 1.54) is 24.3 Å². The summed E-state index contributed by atoms with van der Waals surface area (Å²) in [5.74, 6) is 0.455. The van der Waals surface area contributed by atoms with Gasteiger partial charge in [0.05, 0.1) is 10.5 Å². The molecule has 2 rings (SSSR count). The Balaban J connectivity index is 2.41. The molecule has 2 N–H and O–H groups in total. The molecule has 0 radical (unpaired) electrons. The summed E-state index contributed by atoms with van der Waals surface area (Å²) < 4.78 is 31.3. The van der Waals surface area contributed by atoms with Gasteiger partial charge in [0, 0.05) is 11.4 Å². The average molecular weight is 359 g/mol. The van der Waals surface area contributed by atoms with Gasteiger partial charge in [0.25, 0.3) is 10.1 Å². The molecule has 0 spiro atoms. The number of benzene rings is 1. The molecule has 25 heavy (non-hydrogen) atoms. The van der Waals surface area contributed by atoms with Crippen molar-refractivity contribution in [2.45, 2.75) is 44.9 Å². The van der Waals surface area contributed by atoms with Crippen molar-refractivity contribution >= 4 is 21.6 Å². The van der Waals surface area contributed by atoms with Crippen LogP contribution in [0.15, 0.2) is 29.2 Å². The van der Waals surface area contributed by atoms with Crippen LogP contribution < -0.4 is 5.32 Å².